The van der Waals surface area contributed by atoms with E-state index in [9.17, 15) is 9.59 Å². The van der Waals surface area contributed by atoms with Crippen molar-refractivity contribution in [3.05, 3.63) is 36.0 Å². The van der Waals surface area contributed by atoms with Gasteiger partial charge in [-0.25, -0.2) is 0 Å². The number of allylic oxidation sites excluding steroid dienone is 5. The van der Waals surface area contributed by atoms with Crippen LogP contribution in [0.25, 0.3) is 0 Å². The summed E-state index contributed by atoms with van der Waals surface area (Å²) in [5.74, 6) is -0.533. The Bertz CT molecular complexity index is 530. The zero-order valence-electron chi connectivity index (χ0n) is 14.4. The molecule has 1 unspecified atom stereocenters. The van der Waals surface area contributed by atoms with Gasteiger partial charge in [0.15, 0.2) is 5.78 Å². The summed E-state index contributed by atoms with van der Waals surface area (Å²) in [5.41, 5.74) is 0.832. The molecule has 0 aromatic carbocycles. The molecular weight excluding hydrogens is 304 g/mol. The van der Waals surface area contributed by atoms with Gasteiger partial charge in [0.25, 0.3) is 0 Å². The second-order valence-electron chi connectivity index (χ2n) is 6.58. The first-order chi connectivity index (χ1) is 11.6. The molecule has 0 aromatic rings. The number of rotatable bonds is 11. The SMILES string of the molecule is CCCCC/C=C\C[C@H]1C=CC(=O)/C1=C/C1O[C@@H]1CCCC(=O)O. The molecule has 1 aliphatic carbocycles. The maximum absolute atomic E-state index is 12.0. The van der Waals surface area contributed by atoms with Crippen molar-refractivity contribution in [2.24, 2.45) is 5.92 Å². The van der Waals surface area contributed by atoms with Gasteiger partial charge in [-0.15, -0.1) is 0 Å². The number of aliphatic carboxylic acids is 1. The van der Waals surface area contributed by atoms with E-state index in [2.05, 4.69) is 19.1 Å². The molecule has 1 aliphatic heterocycles. The summed E-state index contributed by atoms with van der Waals surface area (Å²) >= 11 is 0. The lowest BCUT2D eigenvalue weighted by molar-refractivity contribution is -0.137. The molecule has 1 heterocycles. The Labute approximate surface area is 144 Å². The highest BCUT2D eigenvalue weighted by atomic mass is 16.6. The molecule has 2 rings (SSSR count). The van der Waals surface area contributed by atoms with Crippen molar-refractivity contribution >= 4 is 11.8 Å². The van der Waals surface area contributed by atoms with Crippen LogP contribution in [0.3, 0.4) is 0 Å². The fraction of sp³-hybridized carbons (Fsp3) is 0.600. The Morgan fingerprint density at radius 2 is 2.12 bits per heavy atom. The van der Waals surface area contributed by atoms with Gasteiger partial charge in [0, 0.05) is 17.9 Å². The minimum absolute atomic E-state index is 0.0197. The fourth-order valence-corrected chi connectivity index (χ4v) is 3.04. The van der Waals surface area contributed by atoms with E-state index in [1.807, 2.05) is 12.2 Å². The number of epoxide rings is 1. The van der Waals surface area contributed by atoms with Crippen molar-refractivity contribution in [1.29, 1.82) is 0 Å². The predicted molar refractivity (Wildman–Crippen MR) is 93.8 cm³/mol. The summed E-state index contributed by atoms with van der Waals surface area (Å²) in [6.07, 6.45) is 17.3. The molecule has 1 saturated heterocycles. The summed E-state index contributed by atoms with van der Waals surface area (Å²) in [6.45, 7) is 2.20. The smallest absolute Gasteiger partial charge is 0.303 e. The highest BCUT2D eigenvalue weighted by Gasteiger charge is 2.38. The van der Waals surface area contributed by atoms with Crippen LogP contribution in [-0.2, 0) is 14.3 Å². The maximum Gasteiger partial charge on any atom is 0.303 e. The van der Waals surface area contributed by atoms with Gasteiger partial charge in [0.1, 0.15) is 6.10 Å². The molecular formula is C20H28O4. The molecule has 0 radical (unpaired) electrons. The molecule has 4 nitrogen and oxygen atoms in total. The number of ether oxygens (including phenoxy) is 1. The Morgan fingerprint density at radius 3 is 2.88 bits per heavy atom. The number of ketones is 1. The van der Waals surface area contributed by atoms with E-state index in [0.29, 0.717) is 6.42 Å². The van der Waals surface area contributed by atoms with Crippen LogP contribution in [0.4, 0.5) is 0 Å². The first kappa shape index (κ1) is 18.7. The Hall–Kier alpha value is -1.68. The van der Waals surface area contributed by atoms with Crippen LogP contribution in [0, 0.1) is 5.92 Å². The quantitative estimate of drug-likeness (QED) is 0.266. The van der Waals surface area contributed by atoms with Crippen LogP contribution in [0.1, 0.15) is 58.3 Å². The Kier molecular flexibility index (Phi) is 7.44. The minimum atomic E-state index is -0.772. The van der Waals surface area contributed by atoms with Crippen molar-refractivity contribution in [1.82, 2.24) is 0 Å². The molecule has 1 fully saturated rings. The zero-order chi connectivity index (χ0) is 17.4. The lowest BCUT2D eigenvalue weighted by Gasteiger charge is -2.06. The average Bonchev–Trinajstić information content (AvgIpc) is 3.19. The van der Waals surface area contributed by atoms with Crippen LogP contribution >= 0.6 is 0 Å². The Morgan fingerprint density at radius 1 is 1.29 bits per heavy atom. The van der Waals surface area contributed by atoms with Crippen molar-refractivity contribution < 1.29 is 19.4 Å². The van der Waals surface area contributed by atoms with E-state index in [1.165, 1.54) is 19.3 Å². The van der Waals surface area contributed by atoms with Crippen LogP contribution in [0.5, 0.6) is 0 Å². The van der Waals surface area contributed by atoms with Gasteiger partial charge < -0.3 is 9.84 Å². The average molecular weight is 332 g/mol. The number of unbranched alkanes of at least 4 members (excludes halogenated alkanes) is 3. The lowest BCUT2D eigenvalue weighted by Crippen LogP contribution is -2.05. The predicted octanol–water partition coefficient (Wildman–Crippen LogP) is 4.22. The topological polar surface area (TPSA) is 66.9 Å². The number of carboxylic acids is 1. The van der Waals surface area contributed by atoms with Crippen molar-refractivity contribution in [2.45, 2.75) is 70.5 Å². The molecule has 1 N–H and O–H groups in total. The second-order valence-corrected chi connectivity index (χ2v) is 6.58. The molecule has 0 bridgehead atoms. The number of carbonyl (C=O) groups excluding carboxylic acids is 1. The maximum atomic E-state index is 12.0. The lowest BCUT2D eigenvalue weighted by atomic mass is 9.96. The third kappa shape index (κ3) is 6.08. The van der Waals surface area contributed by atoms with Crippen LogP contribution < -0.4 is 0 Å². The normalized spacial score (nSPS) is 27.5. The van der Waals surface area contributed by atoms with Crippen LogP contribution in [0.15, 0.2) is 36.0 Å². The first-order valence-corrected chi connectivity index (χ1v) is 9.08. The van der Waals surface area contributed by atoms with E-state index >= 15 is 0 Å². The van der Waals surface area contributed by atoms with Gasteiger partial charge in [-0.3, -0.25) is 9.59 Å². The van der Waals surface area contributed by atoms with Gasteiger partial charge in [-0.1, -0.05) is 38.0 Å². The van der Waals surface area contributed by atoms with Gasteiger partial charge in [0.05, 0.1) is 6.10 Å². The standard InChI is InChI=1S/C20H28O4/c1-2-3-4-5-6-7-9-15-12-13-17(21)16(15)14-19-18(24-19)10-8-11-20(22)23/h6-7,12-15,18-19H,2-5,8-11H2,1H3,(H,22,23)/b7-6-,16-14+/t15-,18+,19?/m0/s1. The molecule has 132 valence electrons. The summed E-state index contributed by atoms with van der Waals surface area (Å²) in [5, 5.41) is 8.65. The molecule has 0 saturated carbocycles. The molecule has 24 heavy (non-hydrogen) atoms. The molecule has 0 spiro atoms. The monoisotopic (exact) mass is 332 g/mol. The highest BCUT2D eigenvalue weighted by Crippen LogP contribution is 2.33. The molecule has 0 amide bonds. The van der Waals surface area contributed by atoms with Crippen LogP contribution in [-0.4, -0.2) is 29.1 Å². The van der Waals surface area contributed by atoms with E-state index in [0.717, 1.165) is 24.8 Å². The van der Waals surface area contributed by atoms with Crippen LogP contribution in [0.2, 0.25) is 0 Å². The fourth-order valence-electron chi connectivity index (χ4n) is 3.04. The van der Waals surface area contributed by atoms with E-state index in [-0.39, 0.29) is 30.3 Å². The molecule has 3 atom stereocenters. The van der Waals surface area contributed by atoms with E-state index < -0.39 is 5.97 Å². The summed E-state index contributed by atoms with van der Waals surface area (Å²) in [7, 11) is 0. The summed E-state index contributed by atoms with van der Waals surface area (Å²) < 4.78 is 5.56. The molecule has 4 heteroatoms. The van der Waals surface area contributed by atoms with E-state index in [1.54, 1.807) is 6.08 Å². The largest absolute Gasteiger partial charge is 0.481 e. The minimum Gasteiger partial charge on any atom is -0.481 e. The third-order valence-corrected chi connectivity index (χ3v) is 4.54. The number of hydrogen-bond donors (Lipinski definition) is 1. The summed E-state index contributed by atoms with van der Waals surface area (Å²) in [6, 6.07) is 0. The number of carbonyl (C=O) groups is 2. The van der Waals surface area contributed by atoms with Gasteiger partial charge >= 0.3 is 5.97 Å². The first-order valence-electron chi connectivity index (χ1n) is 9.08. The zero-order valence-corrected chi connectivity index (χ0v) is 14.4. The van der Waals surface area contributed by atoms with Gasteiger partial charge in [-0.05, 0) is 44.3 Å². The molecule has 0 aromatic heterocycles. The third-order valence-electron chi connectivity index (χ3n) is 4.54. The van der Waals surface area contributed by atoms with Crippen molar-refractivity contribution in [2.75, 3.05) is 0 Å². The second kappa shape index (κ2) is 9.58. The Balaban J connectivity index is 1.76. The van der Waals surface area contributed by atoms with E-state index in [4.69, 9.17) is 9.84 Å². The highest BCUT2D eigenvalue weighted by molar-refractivity contribution is 6.07. The van der Waals surface area contributed by atoms with Gasteiger partial charge in [-0.2, -0.15) is 0 Å². The van der Waals surface area contributed by atoms with Crippen molar-refractivity contribution in [3.8, 4) is 0 Å². The number of carboxylic acid groups (broad SMARTS) is 1. The van der Waals surface area contributed by atoms with Gasteiger partial charge in [0.2, 0.25) is 0 Å². The summed E-state index contributed by atoms with van der Waals surface area (Å²) in [4.78, 5) is 22.5. The number of hydrogen-bond acceptors (Lipinski definition) is 3. The molecule has 2 aliphatic rings. The van der Waals surface area contributed by atoms with Crippen molar-refractivity contribution in [3.63, 3.8) is 0 Å².